The van der Waals surface area contributed by atoms with E-state index in [1.807, 2.05) is 0 Å². The molecule has 4 heteroatoms. The van der Waals surface area contributed by atoms with Crippen LogP contribution in [0.4, 0.5) is 0 Å². The van der Waals surface area contributed by atoms with Crippen LogP contribution in [0.5, 0.6) is 11.6 Å². The molecular formula is C16H23NO3. The Labute approximate surface area is 120 Å². The van der Waals surface area contributed by atoms with Gasteiger partial charge in [-0.15, -0.1) is 0 Å². The highest BCUT2D eigenvalue weighted by Gasteiger charge is 2.17. The molecule has 1 aromatic rings. The number of aromatic nitrogens is 1. The van der Waals surface area contributed by atoms with E-state index in [-0.39, 0.29) is 5.78 Å². The van der Waals surface area contributed by atoms with Crippen LogP contribution in [0.3, 0.4) is 0 Å². The Morgan fingerprint density at radius 3 is 2.25 bits per heavy atom. The number of rotatable bonds is 1. The van der Waals surface area contributed by atoms with Crippen LogP contribution in [-0.4, -0.2) is 24.0 Å². The second-order valence-corrected chi connectivity index (χ2v) is 5.22. The van der Waals surface area contributed by atoms with Gasteiger partial charge in [0.2, 0.25) is 5.88 Å². The molecule has 0 aromatic carbocycles. The Morgan fingerprint density at radius 1 is 1.00 bits per heavy atom. The zero-order valence-corrected chi connectivity index (χ0v) is 12.2. The standard InChI is InChI=1S/C16H23NO3/c1-13(18)15-14-9-10-17-16(15)20-12-8-6-4-2-3-5-7-11-19-14/h9-10H,2-8,11-12H2,1H3. The fraction of sp³-hybridized carbons (Fsp3) is 0.625. The van der Waals surface area contributed by atoms with Crippen molar-refractivity contribution in [3.05, 3.63) is 17.8 Å². The summed E-state index contributed by atoms with van der Waals surface area (Å²) in [6.07, 6.45) is 9.81. The molecule has 0 spiro atoms. The first kappa shape index (κ1) is 14.8. The molecule has 0 radical (unpaired) electrons. The summed E-state index contributed by atoms with van der Waals surface area (Å²) in [4.78, 5) is 16.0. The van der Waals surface area contributed by atoms with Crippen LogP contribution in [0, 0.1) is 0 Å². The Kier molecular flexibility index (Phi) is 5.84. The number of hydrogen-bond acceptors (Lipinski definition) is 4. The van der Waals surface area contributed by atoms with Crippen LogP contribution >= 0.6 is 0 Å². The van der Waals surface area contributed by atoms with Crippen molar-refractivity contribution in [2.45, 2.75) is 51.9 Å². The van der Waals surface area contributed by atoms with Gasteiger partial charge in [-0.25, -0.2) is 4.98 Å². The Hall–Kier alpha value is -1.58. The number of Topliss-reactive ketones (excluding diaryl/α,β-unsaturated/α-hetero) is 1. The minimum Gasteiger partial charge on any atom is -0.493 e. The largest absolute Gasteiger partial charge is 0.493 e. The highest BCUT2D eigenvalue weighted by Crippen LogP contribution is 2.27. The van der Waals surface area contributed by atoms with Crippen LogP contribution in [-0.2, 0) is 0 Å². The first-order chi connectivity index (χ1) is 9.79. The Bertz CT molecular complexity index is 415. The number of carbonyl (C=O) groups is 1. The van der Waals surface area contributed by atoms with Crippen LogP contribution in [0.25, 0.3) is 0 Å². The Balaban J connectivity index is 2.16. The summed E-state index contributed by atoms with van der Waals surface area (Å²) in [5, 5.41) is 0. The molecule has 0 aliphatic carbocycles. The van der Waals surface area contributed by atoms with Gasteiger partial charge in [0.25, 0.3) is 0 Å². The van der Waals surface area contributed by atoms with Crippen LogP contribution in [0.2, 0.25) is 0 Å². The first-order valence-corrected chi connectivity index (χ1v) is 7.54. The lowest BCUT2D eigenvalue weighted by atomic mass is 10.1. The van der Waals surface area contributed by atoms with E-state index in [9.17, 15) is 4.79 Å². The highest BCUT2D eigenvalue weighted by atomic mass is 16.5. The van der Waals surface area contributed by atoms with Crippen molar-refractivity contribution < 1.29 is 14.3 Å². The Morgan fingerprint density at radius 2 is 1.60 bits per heavy atom. The first-order valence-electron chi connectivity index (χ1n) is 7.54. The summed E-state index contributed by atoms with van der Waals surface area (Å²) in [6.45, 7) is 2.78. The number of ether oxygens (including phenoxy) is 2. The molecule has 1 aliphatic heterocycles. The summed E-state index contributed by atoms with van der Waals surface area (Å²) in [5.74, 6) is 0.946. The third-order valence-electron chi connectivity index (χ3n) is 3.52. The van der Waals surface area contributed by atoms with Crippen molar-refractivity contribution >= 4 is 5.78 Å². The monoisotopic (exact) mass is 277 g/mol. The number of carbonyl (C=O) groups excluding carboxylic acids is 1. The maximum atomic E-state index is 11.8. The molecule has 2 bridgehead atoms. The zero-order chi connectivity index (χ0) is 14.2. The molecule has 110 valence electrons. The fourth-order valence-electron chi connectivity index (χ4n) is 2.42. The quantitative estimate of drug-likeness (QED) is 0.733. The molecule has 4 nitrogen and oxygen atoms in total. The maximum Gasteiger partial charge on any atom is 0.228 e. The lowest BCUT2D eigenvalue weighted by Crippen LogP contribution is -2.09. The molecule has 2 rings (SSSR count). The predicted molar refractivity (Wildman–Crippen MR) is 77.6 cm³/mol. The fourth-order valence-corrected chi connectivity index (χ4v) is 2.42. The predicted octanol–water partition coefficient (Wildman–Crippen LogP) is 3.79. The molecule has 0 fully saturated rings. The van der Waals surface area contributed by atoms with Gasteiger partial charge in [-0.1, -0.05) is 32.1 Å². The van der Waals surface area contributed by atoms with Crippen molar-refractivity contribution in [2.24, 2.45) is 0 Å². The normalized spacial score (nSPS) is 17.4. The molecule has 0 atom stereocenters. The molecule has 20 heavy (non-hydrogen) atoms. The van der Waals surface area contributed by atoms with Gasteiger partial charge in [0, 0.05) is 6.20 Å². The van der Waals surface area contributed by atoms with Crippen LogP contribution in [0.1, 0.15) is 62.2 Å². The minimum atomic E-state index is -0.0600. The van der Waals surface area contributed by atoms with Crippen molar-refractivity contribution in [2.75, 3.05) is 13.2 Å². The van der Waals surface area contributed by atoms with E-state index in [0.717, 1.165) is 12.8 Å². The van der Waals surface area contributed by atoms with Gasteiger partial charge in [0.05, 0.1) is 13.2 Å². The van der Waals surface area contributed by atoms with Gasteiger partial charge in [-0.2, -0.15) is 0 Å². The van der Waals surface area contributed by atoms with Crippen molar-refractivity contribution in [3.8, 4) is 11.6 Å². The van der Waals surface area contributed by atoms with Crippen molar-refractivity contribution in [3.63, 3.8) is 0 Å². The van der Waals surface area contributed by atoms with E-state index in [0.29, 0.717) is 30.4 Å². The average Bonchev–Trinajstić information content (AvgIpc) is 2.43. The summed E-state index contributed by atoms with van der Waals surface area (Å²) >= 11 is 0. The smallest absolute Gasteiger partial charge is 0.228 e. The lowest BCUT2D eigenvalue weighted by Gasteiger charge is -2.14. The molecule has 0 N–H and O–H groups in total. The molecule has 0 saturated heterocycles. The second kappa shape index (κ2) is 7.88. The van der Waals surface area contributed by atoms with Gasteiger partial charge >= 0.3 is 0 Å². The molecule has 0 amide bonds. The van der Waals surface area contributed by atoms with E-state index < -0.39 is 0 Å². The van der Waals surface area contributed by atoms with Crippen molar-refractivity contribution in [1.82, 2.24) is 4.98 Å². The number of nitrogens with zero attached hydrogens (tertiary/aromatic N) is 1. The number of hydrogen-bond donors (Lipinski definition) is 0. The van der Waals surface area contributed by atoms with Gasteiger partial charge in [-0.05, 0) is 25.8 Å². The van der Waals surface area contributed by atoms with E-state index >= 15 is 0 Å². The average molecular weight is 277 g/mol. The van der Waals surface area contributed by atoms with Gasteiger partial charge in [0.1, 0.15) is 11.3 Å². The highest BCUT2D eigenvalue weighted by molar-refractivity contribution is 5.99. The summed E-state index contributed by atoms with van der Waals surface area (Å²) in [7, 11) is 0. The number of ketones is 1. The number of pyridine rings is 1. The summed E-state index contributed by atoms with van der Waals surface area (Å²) < 4.78 is 11.4. The molecule has 1 aliphatic rings. The van der Waals surface area contributed by atoms with Crippen molar-refractivity contribution in [1.29, 1.82) is 0 Å². The molecule has 0 saturated carbocycles. The third-order valence-corrected chi connectivity index (χ3v) is 3.52. The van der Waals surface area contributed by atoms with E-state index in [1.165, 1.54) is 39.0 Å². The third kappa shape index (κ3) is 4.22. The molecule has 1 aromatic heterocycles. The molecule has 2 heterocycles. The van der Waals surface area contributed by atoms with E-state index in [1.54, 1.807) is 12.3 Å². The lowest BCUT2D eigenvalue weighted by molar-refractivity contribution is 0.100. The van der Waals surface area contributed by atoms with Gasteiger partial charge in [-0.3, -0.25) is 4.79 Å². The SMILES string of the molecule is CC(=O)c1c2ccnc1OCCCCCCCCCO2. The minimum absolute atomic E-state index is 0.0600. The summed E-state index contributed by atoms with van der Waals surface area (Å²) in [6, 6.07) is 1.75. The number of fused-ring (bicyclic) bond motifs is 2. The molecule has 0 unspecified atom stereocenters. The van der Waals surface area contributed by atoms with Gasteiger partial charge < -0.3 is 9.47 Å². The topological polar surface area (TPSA) is 48.4 Å². The van der Waals surface area contributed by atoms with Crippen LogP contribution in [0.15, 0.2) is 12.3 Å². The van der Waals surface area contributed by atoms with E-state index in [2.05, 4.69) is 4.98 Å². The van der Waals surface area contributed by atoms with Gasteiger partial charge in [0.15, 0.2) is 5.78 Å². The second-order valence-electron chi connectivity index (χ2n) is 5.22. The molecular weight excluding hydrogens is 254 g/mol. The van der Waals surface area contributed by atoms with E-state index in [4.69, 9.17) is 9.47 Å². The maximum absolute atomic E-state index is 11.8. The summed E-state index contributed by atoms with van der Waals surface area (Å²) in [5.41, 5.74) is 0.476. The zero-order valence-electron chi connectivity index (χ0n) is 12.2. The van der Waals surface area contributed by atoms with Crippen LogP contribution < -0.4 is 9.47 Å².